The zero-order valence-corrected chi connectivity index (χ0v) is 16.1. The van der Waals surface area contributed by atoms with Crippen molar-refractivity contribution in [2.45, 2.75) is 13.3 Å². The molecule has 1 aliphatic rings. The molecular weight excluding hydrogens is 374 g/mol. The second kappa shape index (κ2) is 9.59. The summed E-state index contributed by atoms with van der Waals surface area (Å²) in [4.78, 5) is 38.5. The molecule has 0 fully saturated rings. The fraction of sp³-hybridized carbons (Fsp3) is 0.286. The molecule has 3 amide bonds. The third kappa shape index (κ3) is 5.47. The number of nitrogens with zero attached hydrogens (tertiary/aromatic N) is 1. The Labute approximate surface area is 168 Å². The average molecular weight is 397 g/mol. The Morgan fingerprint density at radius 2 is 1.76 bits per heavy atom. The molecule has 152 valence electrons. The van der Waals surface area contributed by atoms with E-state index in [1.165, 1.54) is 4.90 Å². The summed E-state index contributed by atoms with van der Waals surface area (Å²) in [6.45, 7) is 2.15. The molecule has 0 aromatic heterocycles. The fourth-order valence-electron chi connectivity index (χ4n) is 2.87. The van der Waals surface area contributed by atoms with Crippen LogP contribution in [0.2, 0.25) is 0 Å². The van der Waals surface area contributed by atoms with Gasteiger partial charge in [0.25, 0.3) is 5.91 Å². The summed E-state index contributed by atoms with van der Waals surface area (Å²) in [5.41, 5.74) is 1.06. The molecule has 2 aromatic carbocycles. The lowest BCUT2D eigenvalue weighted by Crippen LogP contribution is -2.43. The van der Waals surface area contributed by atoms with E-state index in [1.54, 1.807) is 42.5 Å². The number of fused-ring (bicyclic) bond motifs is 1. The van der Waals surface area contributed by atoms with Crippen LogP contribution in [0.1, 0.15) is 23.7 Å². The van der Waals surface area contributed by atoms with Gasteiger partial charge in [-0.2, -0.15) is 0 Å². The SMILES string of the molecule is CCCN(CC(=O)NCC(=O)Nc1ccccc1)C(=O)c1ccc2c(c1)OCO2. The first-order valence-corrected chi connectivity index (χ1v) is 9.37. The van der Waals surface area contributed by atoms with Crippen LogP contribution in [0.4, 0.5) is 5.69 Å². The molecular formula is C21H23N3O5. The zero-order valence-electron chi connectivity index (χ0n) is 16.1. The Hall–Kier alpha value is -3.55. The van der Waals surface area contributed by atoms with Crippen molar-refractivity contribution < 1.29 is 23.9 Å². The first kappa shape index (κ1) is 20.2. The maximum Gasteiger partial charge on any atom is 0.254 e. The number of para-hydroxylation sites is 1. The highest BCUT2D eigenvalue weighted by Crippen LogP contribution is 2.32. The largest absolute Gasteiger partial charge is 0.454 e. The number of benzene rings is 2. The van der Waals surface area contributed by atoms with Gasteiger partial charge in [0.1, 0.15) is 0 Å². The molecule has 1 heterocycles. The number of carbonyl (C=O) groups is 3. The quantitative estimate of drug-likeness (QED) is 0.710. The molecule has 2 N–H and O–H groups in total. The topological polar surface area (TPSA) is 97.0 Å². The second-order valence-corrected chi connectivity index (χ2v) is 6.49. The number of carbonyl (C=O) groups excluding carboxylic acids is 3. The van der Waals surface area contributed by atoms with Crippen molar-refractivity contribution in [3.05, 3.63) is 54.1 Å². The van der Waals surface area contributed by atoms with E-state index in [9.17, 15) is 14.4 Å². The van der Waals surface area contributed by atoms with Crippen molar-refractivity contribution in [3.8, 4) is 11.5 Å². The zero-order chi connectivity index (χ0) is 20.6. The molecule has 0 atom stereocenters. The van der Waals surface area contributed by atoms with Gasteiger partial charge in [-0.3, -0.25) is 14.4 Å². The molecule has 8 nitrogen and oxygen atoms in total. The fourth-order valence-corrected chi connectivity index (χ4v) is 2.87. The summed E-state index contributed by atoms with van der Waals surface area (Å²) in [6.07, 6.45) is 0.693. The van der Waals surface area contributed by atoms with Gasteiger partial charge in [0.15, 0.2) is 11.5 Å². The van der Waals surface area contributed by atoms with Gasteiger partial charge < -0.3 is 25.0 Å². The van der Waals surface area contributed by atoms with Crippen LogP contribution in [0.3, 0.4) is 0 Å². The third-order valence-electron chi connectivity index (χ3n) is 4.24. The monoisotopic (exact) mass is 397 g/mol. The lowest BCUT2D eigenvalue weighted by atomic mass is 10.1. The number of ether oxygens (including phenoxy) is 2. The molecule has 3 rings (SSSR count). The number of rotatable bonds is 8. The van der Waals surface area contributed by atoms with E-state index in [0.717, 1.165) is 0 Å². The molecule has 0 aliphatic carbocycles. The number of amides is 3. The minimum absolute atomic E-state index is 0.124. The molecule has 1 aliphatic heterocycles. The molecule has 0 bridgehead atoms. The highest BCUT2D eigenvalue weighted by molar-refractivity contribution is 5.98. The Bertz CT molecular complexity index is 885. The molecule has 0 spiro atoms. The lowest BCUT2D eigenvalue weighted by Gasteiger charge is -2.21. The van der Waals surface area contributed by atoms with E-state index in [4.69, 9.17) is 9.47 Å². The minimum atomic E-state index is -0.407. The number of anilines is 1. The van der Waals surface area contributed by atoms with Gasteiger partial charge in [-0.15, -0.1) is 0 Å². The van der Waals surface area contributed by atoms with Crippen LogP contribution in [-0.2, 0) is 9.59 Å². The standard InChI is InChI=1S/C21H23N3O5/c1-2-10-24(21(27)15-8-9-17-18(11-15)29-14-28-17)13-20(26)22-12-19(25)23-16-6-4-3-5-7-16/h3-9,11H,2,10,12-14H2,1H3,(H,22,26)(H,23,25). The van der Waals surface area contributed by atoms with Crippen LogP contribution in [0.5, 0.6) is 11.5 Å². The molecule has 8 heteroatoms. The third-order valence-corrected chi connectivity index (χ3v) is 4.24. The normalized spacial score (nSPS) is 11.6. The van der Waals surface area contributed by atoms with Crippen LogP contribution in [0.15, 0.2) is 48.5 Å². The molecule has 2 aromatic rings. The Morgan fingerprint density at radius 3 is 2.52 bits per heavy atom. The van der Waals surface area contributed by atoms with Crippen molar-refractivity contribution in [3.63, 3.8) is 0 Å². The highest BCUT2D eigenvalue weighted by Gasteiger charge is 2.21. The molecule has 0 saturated heterocycles. The molecule has 29 heavy (non-hydrogen) atoms. The average Bonchev–Trinajstić information content (AvgIpc) is 3.20. The summed E-state index contributed by atoms with van der Waals surface area (Å²) in [6, 6.07) is 13.9. The van der Waals surface area contributed by atoms with Gasteiger partial charge in [0.2, 0.25) is 18.6 Å². The van der Waals surface area contributed by atoms with Crippen LogP contribution in [0.25, 0.3) is 0 Å². The van der Waals surface area contributed by atoms with E-state index < -0.39 is 5.91 Å². The van der Waals surface area contributed by atoms with Gasteiger partial charge in [-0.05, 0) is 36.8 Å². The van der Waals surface area contributed by atoms with E-state index in [2.05, 4.69) is 10.6 Å². The van der Waals surface area contributed by atoms with Crippen LogP contribution in [-0.4, -0.2) is 49.0 Å². The first-order chi connectivity index (χ1) is 14.1. The smallest absolute Gasteiger partial charge is 0.254 e. The van der Waals surface area contributed by atoms with Crippen LogP contribution >= 0.6 is 0 Å². The summed E-state index contributed by atoms with van der Waals surface area (Å²) in [5, 5.41) is 5.24. The Morgan fingerprint density at radius 1 is 1.00 bits per heavy atom. The number of nitrogens with one attached hydrogen (secondary N) is 2. The summed E-state index contributed by atoms with van der Waals surface area (Å²) >= 11 is 0. The lowest BCUT2D eigenvalue weighted by molar-refractivity contribution is -0.124. The molecule has 0 radical (unpaired) electrons. The predicted octanol–water partition coefficient (Wildman–Crippen LogP) is 2.02. The van der Waals surface area contributed by atoms with Gasteiger partial charge in [0.05, 0.1) is 13.1 Å². The molecule has 0 unspecified atom stereocenters. The van der Waals surface area contributed by atoms with Gasteiger partial charge >= 0.3 is 0 Å². The molecule has 0 saturated carbocycles. The van der Waals surface area contributed by atoms with Crippen molar-refractivity contribution >= 4 is 23.4 Å². The van der Waals surface area contributed by atoms with Crippen molar-refractivity contribution in [1.29, 1.82) is 0 Å². The summed E-state index contributed by atoms with van der Waals surface area (Å²) < 4.78 is 10.6. The van der Waals surface area contributed by atoms with E-state index in [1.807, 2.05) is 13.0 Å². The number of hydrogen-bond donors (Lipinski definition) is 2. The van der Waals surface area contributed by atoms with Crippen LogP contribution in [0, 0.1) is 0 Å². The van der Waals surface area contributed by atoms with Gasteiger partial charge in [0, 0.05) is 17.8 Å². The van der Waals surface area contributed by atoms with Crippen molar-refractivity contribution in [2.24, 2.45) is 0 Å². The Balaban J connectivity index is 1.54. The maximum atomic E-state index is 12.8. The number of hydrogen-bond acceptors (Lipinski definition) is 5. The van der Waals surface area contributed by atoms with Crippen LogP contribution < -0.4 is 20.1 Å². The van der Waals surface area contributed by atoms with Crippen molar-refractivity contribution in [1.82, 2.24) is 10.2 Å². The van der Waals surface area contributed by atoms with Gasteiger partial charge in [-0.1, -0.05) is 25.1 Å². The van der Waals surface area contributed by atoms with E-state index in [0.29, 0.717) is 35.7 Å². The van der Waals surface area contributed by atoms with Gasteiger partial charge in [-0.25, -0.2) is 0 Å². The Kier molecular flexibility index (Phi) is 6.67. The van der Waals surface area contributed by atoms with Crippen molar-refractivity contribution in [2.75, 3.05) is 31.7 Å². The second-order valence-electron chi connectivity index (χ2n) is 6.49. The predicted molar refractivity (Wildman–Crippen MR) is 107 cm³/mol. The highest BCUT2D eigenvalue weighted by atomic mass is 16.7. The summed E-state index contributed by atoms with van der Waals surface area (Å²) in [5.74, 6) is 0.0681. The summed E-state index contributed by atoms with van der Waals surface area (Å²) in [7, 11) is 0. The van der Waals surface area contributed by atoms with E-state index in [-0.39, 0.29) is 31.7 Å². The maximum absolute atomic E-state index is 12.8. The van der Waals surface area contributed by atoms with E-state index >= 15 is 0 Å². The first-order valence-electron chi connectivity index (χ1n) is 9.37. The minimum Gasteiger partial charge on any atom is -0.454 e.